The molecule has 0 unspecified atom stereocenters. The largest absolute Gasteiger partial charge is 0.485 e. The van der Waals surface area contributed by atoms with Gasteiger partial charge in [0.1, 0.15) is 12.4 Å². The summed E-state index contributed by atoms with van der Waals surface area (Å²) in [5.74, 6) is 1.68. The van der Waals surface area contributed by atoms with Crippen molar-refractivity contribution in [3.63, 3.8) is 0 Å². The van der Waals surface area contributed by atoms with E-state index in [1.54, 1.807) is 0 Å². The van der Waals surface area contributed by atoms with Crippen LogP contribution in [0.1, 0.15) is 5.82 Å². The zero-order chi connectivity index (χ0) is 20.1. The summed E-state index contributed by atoms with van der Waals surface area (Å²) in [6.45, 7) is 0.300. The Kier molecular flexibility index (Phi) is 5.76. The van der Waals surface area contributed by atoms with Crippen LogP contribution in [0, 0.1) is 0 Å². The van der Waals surface area contributed by atoms with E-state index in [1.165, 1.54) is 11.8 Å². The highest BCUT2D eigenvalue weighted by Gasteiger charge is 2.13. The summed E-state index contributed by atoms with van der Waals surface area (Å²) >= 11 is 1.34. The molecule has 0 spiro atoms. The second-order valence-electron chi connectivity index (χ2n) is 6.43. The number of carbonyl (C=O) groups excluding carboxylic acids is 1. The molecule has 0 fully saturated rings. The number of benzene rings is 3. The van der Waals surface area contributed by atoms with E-state index in [0.717, 1.165) is 22.2 Å². The molecule has 0 radical (unpaired) electrons. The van der Waals surface area contributed by atoms with Crippen LogP contribution in [0.25, 0.3) is 10.8 Å². The molecule has 7 heteroatoms. The lowest BCUT2D eigenvalue weighted by molar-refractivity contribution is -0.113. The predicted octanol–water partition coefficient (Wildman–Crippen LogP) is 4.28. The van der Waals surface area contributed by atoms with Gasteiger partial charge in [-0.05, 0) is 23.6 Å². The lowest BCUT2D eigenvalue weighted by atomic mass is 10.1. The van der Waals surface area contributed by atoms with Crippen LogP contribution in [0.3, 0.4) is 0 Å². The van der Waals surface area contributed by atoms with Gasteiger partial charge < -0.3 is 14.6 Å². The molecule has 1 aromatic heterocycles. The van der Waals surface area contributed by atoms with E-state index in [1.807, 2.05) is 72.3 Å². The molecule has 1 N–H and O–H groups in total. The maximum absolute atomic E-state index is 12.1. The summed E-state index contributed by atoms with van der Waals surface area (Å²) in [6.07, 6.45) is 0. The van der Waals surface area contributed by atoms with Crippen LogP contribution in [-0.4, -0.2) is 26.4 Å². The van der Waals surface area contributed by atoms with Gasteiger partial charge in [0.05, 0.1) is 5.75 Å². The predicted molar refractivity (Wildman–Crippen MR) is 115 cm³/mol. The number of amides is 1. The van der Waals surface area contributed by atoms with Crippen LogP contribution in [0.5, 0.6) is 5.75 Å². The van der Waals surface area contributed by atoms with Crippen LogP contribution in [0.4, 0.5) is 5.69 Å². The van der Waals surface area contributed by atoms with E-state index in [0.29, 0.717) is 17.6 Å². The minimum absolute atomic E-state index is 0.0854. The Bertz CT molecular complexity index is 1120. The van der Waals surface area contributed by atoms with Gasteiger partial charge in [-0.2, -0.15) is 0 Å². The first-order valence-electron chi connectivity index (χ1n) is 9.17. The molecule has 3 aromatic carbocycles. The topological polar surface area (TPSA) is 69.0 Å². The monoisotopic (exact) mass is 404 g/mol. The first kappa shape index (κ1) is 19.0. The number of hydrogen-bond donors (Lipinski definition) is 1. The van der Waals surface area contributed by atoms with Gasteiger partial charge in [0.15, 0.2) is 11.0 Å². The Labute approximate surface area is 172 Å². The van der Waals surface area contributed by atoms with Gasteiger partial charge in [-0.3, -0.25) is 4.79 Å². The third-order valence-electron chi connectivity index (χ3n) is 4.42. The Morgan fingerprint density at radius 1 is 1.00 bits per heavy atom. The third-order valence-corrected chi connectivity index (χ3v) is 5.44. The van der Waals surface area contributed by atoms with Gasteiger partial charge in [-0.25, -0.2) is 0 Å². The second-order valence-corrected chi connectivity index (χ2v) is 7.37. The van der Waals surface area contributed by atoms with Crippen LogP contribution in [0.2, 0.25) is 0 Å². The van der Waals surface area contributed by atoms with Gasteiger partial charge in [0, 0.05) is 18.1 Å². The normalized spacial score (nSPS) is 10.8. The number of rotatable bonds is 7. The Morgan fingerprint density at radius 3 is 2.62 bits per heavy atom. The fourth-order valence-electron chi connectivity index (χ4n) is 2.91. The maximum atomic E-state index is 12.1. The minimum Gasteiger partial charge on any atom is -0.485 e. The Morgan fingerprint density at radius 2 is 1.76 bits per heavy atom. The van der Waals surface area contributed by atoms with Crippen molar-refractivity contribution in [1.29, 1.82) is 0 Å². The van der Waals surface area contributed by atoms with Crippen molar-refractivity contribution in [2.24, 2.45) is 7.05 Å². The highest BCUT2D eigenvalue weighted by Crippen LogP contribution is 2.26. The zero-order valence-corrected chi connectivity index (χ0v) is 16.7. The molecule has 29 heavy (non-hydrogen) atoms. The number of nitrogens with one attached hydrogen (secondary N) is 1. The van der Waals surface area contributed by atoms with E-state index >= 15 is 0 Å². The number of aromatic nitrogens is 3. The lowest BCUT2D eigenvalue weighted by Gasteiger charge is -2.09. The third kappa shape index (κ3) is 4.57. The van der Waals surface area contributed by atoms with Crippen LogP contribution in [-0.2, 0) is 18.4 Å². The SMILES string of the molecule is Cn1c(COc2cccc3ccccc23)nnc1SCC(=O)Nc1ccccc1. The number of ether oxygens (including phenoxy) is 1. The molecular formula is C22H20N4O2S. The molecule has 0 bridgehead atoms. The average molecular weight is 404 g/mol. The smallest absolute Gasteiger partial charge is 0.234 e. The molecule has 146 valence electrons. The molecule has 4 aromatic rings. The van der Waals surface area contributed by atoms with Gasteiger partial charge in [0.25, 0.3) is 0 Å². The quantitative estimate of drug-likeness (QED) is 0.466. The molecule has 0 aliphatic rings. The van der Waals surface area contributed by atoms with E-state index in [-0.39, 0.29) is 11.7 Å². The van der Waals surface area contributed by atoms with Crippen LogP contribution >= 0.6 is 11.8 Å². The van der Waals surface area contributed by atoms with Crippen LogP contribution < -0.4 is 10.1 Å². The number of nitrogens with zero attached hydrogens (tertiary/aromatic N) is 3. The van der Waals surface area contributed by atoms with Crippen molar-refractivity contribution >= 4 is 34.1 Å². The van der Waals surface area contributed by atoms with Crippen molar-refractivity contribution < 1.29 is 9.53 Å². The van der Waals surface area contributed by atoms with E-state index in [2.05, 4.69) is 27.6 Å². The highest BCUT2D eigenvalue weighted by molar-refractivity contribution is 7.99. The summed E-state index contributed by atoms with van der Waals surface area (Å²) in [6, 6.07) is 23.4. The van der Waals surface area contributed by atoms with Gasteiger partial charge >= 0.3 is 0 Å². The van der Waals surface area contributed by atoms with Crippen molar-refractivity contribution in [2.75, 3.05) is 11.1 Å². The van der Waals surface area contributed by atoms with Crippen LogP contribution in [0.15, 0.2) is 78.0 Å². The summed E-state index contributed by atoms with van der Waals surface area (Å²) in [7, 11) is 1.87. The van der Waals surface area contributed by atoms with Crippen molar-refractivity contribution in [1.82, 2.24) is 14.8 Å². The Hall–Kier alpha value is -3.32. The molecule has 1 heterocycles. The summed E-state index contributed by atoms with van der Waals surface area (Å²) in [5, 5.41) is 14.1. The molecular weight excluding hydrogens is 384 g/mol. The molecule has 0 aliphatic carbocycles. The number of carbonyl (C=O) groups is 1. The van der Waals surface area contributed by atoms with Crippen molar-refractivity contribution in [2.45, 2.75) is 11.8 Å². The minimum atomic E-state index is -0.0854. The number of hydrogen-bond acceptors (Lipinski definition) is 5. The Balaban J connectivity index is 1.36. The van der Waals surface area contributed by atoms with Gasteiger partial charge in [0.2, 0.25) is 5.91 Å². The summed E-state index contributed by atoms with van der Waals surface area (Å²) < 4.78 is 7.84. The fourth-order valence-corrected chi connectivity index (χ4v) is 3.64. The summed E-state index contributed by atoms with van der Waals surface area (Å²) in [5.41, 5.74) is 0.778. The number of thioether (sulfide) groups is 1. The molecule has 0 saturated carbocycles. The number of anilines is 1. The second kappa shape index (κ2) is 8.79. The first-order chi connectivity index (χ1) is 14.2. The van der Waals surface area contributed by atoms with E-state index < -0.39 is 0 Å². The maximum Gasteiger partial charge on any atom is 0.234 e. The molecule has 6 nitrogen and oxygen atoms in total. The molecule has 0 atom stereocenters. The van der Waals surface area contributed by atoms with Crippen molar-refractivity contribution in [3.05, 3.63) is 78.6 Å². The highest BCUT2D eigenvalue weighted by atomic mass is 32.2. The number of para-hydroxylation sites is 1. The molecule has 4 rings (SSSR count). The standard InChI is InChI=1S/C22H20N4O2S/c1-26-20(14-28-19-13-7-9-16-8-5-6-12-18(16)19)24-25-22(26)29-15-21(27)23-17-10-3-2-4-11-17/h2-13H,14-15H2,1H3,(H,23,27). The van der Waals surface area contributed by atoms with Crippen molar-refractivity contribution in [3.8, 4) is 5.75 Å². The first-order valence-corrected chi connectivity index (χ1v) is 10.2. The molecule has 0 saturated heterocycles. The summed E-state index contributed by atoms with van der Waals surface area (Å²) in [4.78, 5) is 12.1. The zero-order valence-electron chi connectivity index (χ0n) is 15.9. The van der Waals surface area contributed by atoms with Gasteiger partial charge in [-0.15, -0.1) is 10.2 Å². The molecule has 0 aliphatic heterocycles. The molecule has 1 amide bonds. The average Bonchev–Trinajstić information content (AvgIpc) is 3.11. The number of fused-ring (bicyclic) bond motifs is 1. The van der Waals surface area contributed by atoms with E-state index in [4.69, 9.17) is 4.74 Å². The fraction of sp³-hybridized carbons (Fsp3) is 0.136. The lowest BCUT2D eigenvalue weighted by Crippen LogP contribution is -2.14. The van der Waals surface area contributed by atoms with E-state index in [9.17, 15) is 4.79 Å². The van der Waals surface area contributed by atoms with Gasteiger partial charge in [-0.1, -0.05) is 66.4 Å².